The Bertz CT molecular complexity index is 762. The number of nitrogens with one attached hydrogen (secondary N) is 1. The summed E-state index contributed by atoms with van der Waals surface area (Å²) < 4.78 is 5.15. The minimum Gasteiger partial charge on any atom is -0.451 e. The highest BCUT2D eigenvalue weighted by Gasteiger charge is 2.29. The van der Waals surface area contributed by atoms with Crippen LogP contribution in [0.3, 0.4) is 0 Å². The number of benzene rings is 1. The first-order valence-corrected chi connectivity index (χ1v) is 9.87. The Kier molecular flexibility index (Phi) is 6.44. The van der Waals surface area contributed by atoms with Crippen molar-refractivity contribution in [2.75, 3.05) is 11.6 Å². The number of hydrogen-bond acceptors (Lipinski definition) is 5. The van der Waals surface area contributed by atoms with Crippen LogP contribution in [0.5, 0.6) is 0 Å². The van der Waals surface area contributed by atoms with E-state index in [4.69, 9.17) is 4.74 Å². The van der Waals surface area contributed by atoms with Crippen molar-refractivity contribution in [2.45, 2.75) is 52.0 Å². The molecule has 1 aliphatic carbocycles. The lowest BCUT2D eigenvalue weighted by molar-refractivity contribution is -0.142. The molecule has 28 heavy (non-hydrogen) atoms. The van der Waals surface area contributed by atoms with Crippen LogP contribution >= 0.6 is 0 Å². The summed E-state index contributed by atoms with van der Waals surface area (Å²) in [6, 6.07) is 9.03. The minimum atomic E-state index is -0.659. The van der Waals surface area contributed by atoms with Crippen molar-refractivity contribution in [3.63, 3.8) is 0 Å². The standard InChI is InChI=1S/C21H27N3O4/c1-14-7-6-10-17(15(14)2)22-19(25)13-28-21(27)18-11-12-20(26)24(23-18)16-8-4-3-5-9-16/h3-5,8-9,14-15,17H,6-7,10-13H2,1-2H3,(H,22,25). The highest BCUT2D eigenvalue weighted by atomic mass is 16.5. The van der Waals surface area contributed by atoms with Crippen molar-refractivity contribution in [1.82, 2.24) is 5.32 Å². The molecular weight excluding hydrogens is 358 g/mol. The first-order chi connectivity index (χ1) is 13.5. The maximum Gasteiger partial charge on any atom is 0.355 e. The van der Waals surface area contributed by atoms with Crippen LogP contribution in [-0.2, 0) is 19.1 Å². The normalized spacial score (nSPS) is 25.1. The van der Waals surface area contributed by atoms with E-state index in [0.717, 1.165) is 12.8 Å². The molecule has 3 atom stereocenters. The van der Waals surface area contributed by atoms with Gasteiger partial charge in [0, 0.05) is 18.9 Å². The average molecular weight is 385 g/mol. The number of anilines is 1. The number of para-hydroxylation sites is 1. The Balaban J connectivity index is 1.55. The van der Waals surface area contributed by atoms with E-state index >= 15 is 0 Å². The lowest BCUT2D eigenvalue weighted by atomic mass is 9.78. The quantitative estimate of drug-likeness (QED) is 0.789. The molecule has 3 rings (SSSR count). The lowest BCUT2D eigenvalue weighted by Crippen LogP contribution is -2.45. The van der Waals surface area contributed by atoms with Crippen molar-refractivity contribution in [1.29, 1.82) is 0 Å². The van der Waals surface area contributed by atoms with Gasteiger partial charge in [0.15, 0.2) is 6.61 Å². The molecule has 0 aromatic heterocycles. The van der Waals surface area contributed by atoms with Gasteiger partial charge in [0.1, 0.15) is 5.71 Å². The molecule has 7 nitrogen and oxygen atoms in total. The molecule has 2 aliphatic rings. The highest BCUT2D eigenvalue weighted by Crippen LogP contribution is 2.29. The number of nitrogens with zero attached hydrogens (tertiary/aromatic N) is 2. The number of carbonyl (C=O) groups excluding carboxylic acids is 3. The molecule has 1 aromatic carbocycles. The number of rotatable bonds is 5. The second-order valence-electron chi connectivity index (χ2n) is 7.61. The van der Waals surface area contributed by atoms with E-state index in [1.807, 2.05) is 6.07 Å². The maximum atomic E-state index is 12.3. The average Bonchev–Trinajstić information content (AvgIpc) is 2.70. The van der Waals surface area contributed by atoms with Gasteiger partial charge < -0.3 is 10.1 Å². The predicted molar refractivity (Wildman–Crippen MR) is 106 cm³/mol. The van der Waals surface area contributed by atoms with Crippen LogP contribution < -0.4 is 10.3 Å². The van der Waals surface area contributed by atoms with E-state index in [2.05, 4.69) is 24.3 Å². The highest BCUT2D eigenvalue weighted by molar-refractivity contribution is 6.38. The van der Waals surface area contributed by atoms with Crippen molar-refractivity contribution in [2.24, 2.45) is 16.9 Å². The van der Waals surface area contributed by atoms with Gasteiger partial charge in [-0.25, -0.2) is 9.80 Å². The molecule has 150 valence electrons. The van der Waals surface area contributed by atoms with Gasteiger partial charge in [0.05, 0.1) is 5.69 Å². The minimum absolute atomic E-state index is 0.119. The predicted octanol–water partition coefficient (Wildman–Crippen LogP) is 2.65. The van der Waals surface area contributed by atoms with Gasteiger partial charge in [0.2, 0.25) is 5.91 Å². The second kappa shape index (κ2) is 8.99. The largest absolute Gasteiger partial charge is 0.451 e. The molecule has 2 amide bonds. The number of hydrazone groups is 1. The van der Waals surface area contributed by atoms with E-state index in [1.54, 1.807) is 24.3 Å². The van der Waals surface area contributed by atoms with Crippen LogP contribution in [0.1, 0.15) is 46.0 Å². The van der Waals surface area contributed by atoms with Gasteiger partial charge in [-0.15, -0.1) is 0 Å². The van der Waals surface area contributed by atoms with Crippen molar-refractivity contribution < 1.29 is 19.1 Å². The van der Waals surface area contributed by atoms with E-state index in [0.29, 0.717) is 17.5 Å². The van der Waals surface area contributed by atoms with E-state index in [-0.39, 0.29) is 43.0 Å². The Morgan fingerprint density at radius 2 is 1.93 bits per heavy atom. The Hall–Kier alpha value is -2.70. The monoisotopic (exact) mass is 385 g/mol. The van der Waals surface area contributed by atoms with Crippen molar-refractivity contribution in [3.8, 4) is 0 Å². The summed E-state index contributed by atoms with van der Waals surface area (Å²) in [6.45, 7) is 4.01. The molecule has 0 bridgehead atoms. The van der Waals surface area contributed by atoms with Crippen LogP contribution in [-0.4, -0.2) is 36.1 Å². The van der Waals surface area contributed by atoms with E-state index in [9.17, 15) is 14.4 Å². The van der Waals surface area contributed by atoms with Gasteiger partial charge in [-0.05, 0) is 30.4 Å². The van der Waals surface area contributed by atoms with E-state index < -0.39 is 5.97 Å². The molecular formula is C21H27N3O4. The number of ether oxygens (including phenoxy) is 1. The molecule has 0 radical (unpaired) electrons. The first kappa shape index (κ1) is 20.0. The number of hydrogen-bond donors (Lipinski definition) is 1. The van der Waals surface area contributed by atoms with Crippen LogP contribution in [0, 0.1) is 11.8 Å². The van der Waals surface area contributed by atoms with Gasteiger partial charge >= 0.3 is 5.97 Å². The summed E-state index contributed by atoms with van der Waals surface area (Å²) in [5.74, 6) is -0.164. The summed E-state index contributed by atoms with van der Waals surface area (Å²) in [4.78, 5) is 36.6. The Morgan fingerprint density at radius 1 is 1.18 bits per heavy atom. The van der Waals surface area contributed by atoms with Gasteiger partial charge in [0.25, 0.3) is 5.91 Å². The zero-order valence-corrected chi connectivity index (χ0v) is 16.4. The third-order valence-electron chi connectivity index (χ3n) is 5.66. The lowest BCUT2D eigenvalue weighted by Gasteiger charge is -2.34. The third kappa shape index (κ3) is 4.77. The molecule has 3 unspecified atom stereocenters. The number of carbonyl (C=O) groups is 3. The Morgan fingerprint density at radius 3 is 2.68 bits per heavy atom. The van der Waals surface area contributed by atoms with Gasteiger partial charge in [-0.3, -0.25) is 9.59 Å². The summed E-state index contributed by atoms with van der Waals surface area (Å²) in [5.41, 5.74) is 0.742. The molecule has 1 heterocycles. The van der Waals surface area contributed by atoms with Crippen LogP contribution in [0.15, 0.2) is 35.4 Å². The van der Waals surface area contributed by atoms with Crippen LogP contribution in [0.2, 0.25) is 0 Å². The van der Waals surface area contributed by atoms with Crippen LogP contribution in [0.25, 0.3) is 0 Å². The fraction of sp³-hybridized carbons (Fsp3) is 0.524. The summed E-state index contributed by atoms with van der Waals surface area (Å²) in [6.07, 6.45) is 3.60. The topological polar surface area (TPSA) is 88.1 Å². The summed E-state index contributed by atoms with van der Waals surface area (Å²) >= 11 is 0. The van der Waals surface area contributed by atoms with Crippen molar-refractivity contribution >= 4 is 29.2 Å². The Labute approximate surface area is 165 Å². The SMILES string of the molecule is CC1CCCC(NC(=O)COC(=O)C2=NN(c3ccccc3)C(=O)CC2)C1C. The van der Waals surface area contributed by atoms with Gasteiger partial charge in [-0.1, -0.05) is 44.9 Å². The third-order valence-corrected chi connectivity index (χ3v) is 5.66. The molecule has 1 N–H and O–H groups in total. The van der Waals surface area contributed by atoms with Gasteiger partial charge in [-0.2, -0.15) is 5.10 Å². The number of amides is 2. The second-order valence-corrected chi connectivity index (χ2v) is 7.61. The molecule has 0 spiro atoms. The fourth-order valence-corrected chi connectivity index (χ4v) is 3.72. The molecule has 1 saturated carbocycles. The number of esters is 1. The fourth-order valence-electron chi connectivity index (χ4n) is 3.72. The summed E-state index contributed by atoms with van der Waals surface area (Å²) in [5, 5.41) is 8.33. The van der Waals surface area contributed by atoms with Crippen molar-refractivity contribution in [3.05, 3.63) is 30.3 Å². The zero-order valence-electron chi connectivity index (χ0n) is 16.4. The summed E-state index contributed by atoms with van der Waals surface area (Å²) in [7, 11) is 0. The zero-order chi connectivity index (χ0) is 20.1. The molecule has 7 heteroatoms. The van der Waals surface area contributed by atoms with Crippen LogP contribution in [0.4, 0.5) is 5.69 Å². The molecule has 1 fully saturated rings. The van der Waals surface area contributed by atoms with E-state index in [1.165, 1.54) is 11.4 Å². The molecule has 0 saturated heterocycles. The molecule has 1 aliphatic heterocycles. The maximum absolute atomic E-state index is 12.3. The molecule has 1 aromatic rings. The smallest absolute Gasteiger partial charge is 0.355 e. The first-order valence-electron chi connectivity index (χ1n) is 9.87.